The summed E-state index contributed by atoms with van der Waals surface area (Å²) in [6, 6.07) is 1.97. The summed E-state index contributed by atoms with van der Waals surface area (Å²) in [5.41, 5.74) is -0.189. The summed E-state index contributed by atoms with van der Waals surface area (Å²) in [5.74, 6) is -1.59. The van der Waals surface area contributed by atoms with Gasteiger partial charge in [0.1, 0.15) is 6.04 Å². The van der Waals surface area contributed by atoms with E-state index in [0.29, 0.717) is 18.0 Å². The maximum atomic E-state index is 11.7. The number of carbonyl (C=O) groups is 2. The van der Waals surface area contributed by atoms with Crippen LogP contribution in [0.5, 0.6) is 0 Å². The van der Waals surface area contributed by atoms with Gasteiger partial charge in [-0.1, -0.05) is 25.4 Å². The van der Waals surface area contributed by atoms with Crippen LogP contribution in [0.15, 0.2) is 23.1 Å². The molecule has 1 heterocycles. The van der Waals surface area contributed by atoms with E-state index in [0.717, 1.165) is 0 Å². The van der Waals surface area contributed by atoms with Crippen molar-refractivity contribution in [3.05, 3.63) is 33.7 Å². The number of carboxylic acids is 1. The molecule has 2 N–H and O–H groups in total. The number of carboxylic acid groups (broad SMARTS) is 1. The predicted octanol–water partition coefficient (Wildman–Crippen LogP) is 1.51. The second-order valence-corrected chi connectivity index (χ2v) is 5.55. The Kier molecular flexibility index (Phi) is 6.42. The molecular formula is C14H19ClN2O4. The lowest BCUT2D eigenvalue weighted by atomic mass is 10.0. The molecule has 1 unspecified atom stereocenters. The predicted molar refractivity (Wildman–Crippen MR) is 79.4 cm³/mol. The zero-order chi connectivity index (χ0) is 16.0. The van der Waals surface area contributed by atoms with Crippen molar-refractivity contribution in [2.24, 2.45) is 5.92 Å². The number of rotatable bonds is 7. The standard InChI is InChI=1S/C14H19ClN2O4/c1-9(2)13(14(20)21)16-11(18)4-3-7-17-8-10(15)5-6-12(17)19/h5-6,8-9,13H,3-4,7H2,1-2H3,(H,16,18)(H,20,21). The molecule has 0 saturated heterocycles. The number of carbonyl (C=O) groups excluding carboxylic acids is 1. The van der Waals surface area contributed by atoms with Crippen LogP contribution in [-0.2, 0) is 16.1 Å². The molecule has 0 bridgehead atoms. The number of aromatic nitrogens is 1. The minimum Gasteiger partial charge on any atom is -0.480 e. The number of aryl methyl sites for hydroxylation is 1. The van der Waals surface area contributed by atoms with E-state index in [9.17, 15) is 14.4 Å². The molecule has 1 aromatic rings. The second-order valence-electron chi connectivity index (χ2n) is 5.11. The average molecular weight is 315 g/mol. The molecule has 1 atom stereocenters. The zero-order valence-corrected chi connectivity index (χ0v) is 12.8. The Bertz CT molecular complexity index is 568. The SMILES string of the molecule is CC(C)C(NC(=O)CCCn1cc(Cl)ccc1=O)C(=O)O. The summed E-state index contributed by atoms with van der Waals surface area (Å²) in [4.78, 5) is 34.2. The number of hydrogen-bond acceptors (Lipinski definition) is 3. The van der Waals surface area contributed by atoms with Crippen LogP contribution in [-0.4, -0.2) is 27.6 Å². The topological polar surface area (TPSA) is 88.4 Å². The summed E-state index contributed by atoms with van der Waals surface area (Å²) in [6.45, 7) is 3.81. The molecule has 0 fully saturated rings. The van der Waals surface area contributed by atoms with Gasteiger partial charge < -0.3 is 15.0 Å². The fourth-order valence-corrected chi connectivity index (χ4v) is 2.03. The number of nitrogens with zero attached hydrogens (tertiary/aromatic N) is 1. The van der Waals surface area contributed by atoms with Gasteiger partial charge in [-0.15, -0.1) is 0 Å². The Morgan fingerprint density at radius 1 is 1.38 bits per heavy atom. The molecule has 116 valence electrons. The molecule has 0 aromatic carbocycles. The third kappa shape index (κ3) is 5.59. The fourth-order valence-electron chi connectivity index (χ4n) is 1.85. The van der Waals surface area contributed by atoms with Gasteiger partial charge in [0, 0.05) is 25.2 Å². The van der Waals surface area contributed by atoms with Crippen molar-refractivity contribution in [2.45, 2.75) is 39.3 Å². The Morgan fingerprint density at radius 2 is 2.05 bits per heavy atom. The summed E-state index contributed by atoms with van der Waals surface area (Å²) in [5, 5.41) is 11.9. The molecule has 1 rings (SSSR count). The Labute approximate surface area is 127 Å². The lowest BCUT2D eigenvalue weighted by Gasteiger charge is -2.17. The summed E-state index contributed by atoms with van der Waals surface area (Å²) < 4.78 is 1.42. The fraction of sp³-hybridized carbons (Fsp3) is 0.500. The van der Waals surface area contributed by atoms with Gasteiger partial charge in [0.15, 0.2) is 0 Å². The highest BCUT2D eigenvalue weighted by atomic mass is 35.5. The summed E-state index contributed by atoms with van der Waals surface area (Å²) in [7, 11) is 0. The first-order chi connectivity index (χ1) is 9.81. The normalized spacial score (nSPS) is 12.2. The van der Waals surface area contributed by atoms with Crippen LogP contribution in [0.4, 0.5) is 0 Å². The number of hydrogen-bond donors (Lipinski definition) is 2. The monoisotopic (exact) mass is 314 g/mol. The number of aliphatic carboxylic acids is 1. The van der Waals surface area contributed by atoms with E-state index < -0.39 is 12.0 Å². The van der Waals surface area contributed by atoms with Crippen LogP contribution in [0.3, 0.4) is 0 Å². The van der Waals surface area contributed by atoms with Gasteiger partial charge >= 0.3 is 5.97 Å². The molecule has 1 aromatic heterocycles. The molecule has 0 saturated carbocycles. The van der Waals surface area contributed by atoms with Gasteiger partial charge in [0.2, 0.25) is 5.91 Å². The molecule has 0 radical (unpaired) electrons. The highest BCUT2D eigenvalue weighted by Gasteiger charge is 2.22. The van der Waals surface area contributed by atoms with Crippen molar-refractivity contribution in [3.8, 4) is 0 Å². The molecule has 0 aliphatic heterocycles. The molecule has 6 nitrogen and oxygen atoms in total. The van der Waals surface area contributed by atoms with Crippen molar-refractivity contribution in [1.29, 1.82) is 0 Å². The van der Waals surface area contributed by atoms with Crippen LogP contribution < -0.4 is 10.9 Å². The van der Waals surface area contributed by atoms with E-state index >= 15 is 0 Å². The van der Waals surface area contributed by atoms with Gasteiger partial charge in [-0.3, -0.25) is 9.59 Å². The maximum Gasteiger partial charge on any atom is 0.326 e. The van der Waals surface area contributed by atoms with E-state index in [-0.39, 0.29) is 23.8 Å². The van der Waals surface area contributed by atoms with Crippen molar-refractivity contribution in [2.75, 3.05) is 0 Å². The largest absolute Gasteiger partial charge is 0.480 e. The van der Waals surface area contributed by atoms with Crippen molar-refractivity contribution in [3.63, 3.8) is 0 Å². The van der Waals surface area contributed by atoms with Crippen LogP contribution >= 0.6 is 11.6 Å². The average Bonchev–Trinajstić information content (AvgIpc) is 2.39. The number of amides is 1. The molecular weight excluding hydrogens is 296 g/mol. The smallest absolute Gasteiger partial charge is 0.326 e. The van der Waals surface area contributed by atoms with E-state index in [4.69, 9.17) is 16.7 Å². The third-order valence-electron chi connectivity index (χ3n) is 3.00. The van der Waals surface area contributed by atoms with E-state index in [1.165, 1.54) is 22.9 Å². The summed E-state index contributed by atoms with van der Waals surface area (Å²) in [6.07, 6.45) is 2.09. The molecule has 0 aliphatic carbocycles. The first kappa shape index (κ1) is 17.2. The molecule has 1 amide bonds. The van der Waals surface area contributed by atoms with Crippen LogP contribution in [0.2, 0.25) is 5.02 Å². The Balaban J connectivity index is 2.48. The first-order valence-corrected chi connectivity index (χ1v) is 7.07. The minimum atomic E-state index is -1.05. The minimum absolute atomic E-state index is 0.148. The molecule has 0 spiro atoms. The Hall–Kier alpha value is -1.82. The second kappa shape index (κ2) is 7.83. The maximum absolute atomic E-state index is 11.7. The van der Waals surface area contributed by atoms with Crippen molar-refractivity contribution >= 4 is 23.5 Å². The van der Waals surface area contributed by atoms with Gasteiger partial charge in [-0.2, -0.15) is 0 Å². The quantitative estimate of drug-likeness (QED) is 0.798. The molecule has 21 heavy (non-hydrogen) atoms. The molecule has 0 aliphatic rings. The number of pyridine rings is 1. The zero-order valence-electron chi connectivity index (χ0n) is 12.0. The van der Waals surface area contributed by atoms with Crippen LogP contribution in [0, 0.1) is 5.92 Å². The Morgan fingerprint density at radius 3 is 2.62 bits per heavy atom. The van der Waals surface area contributed by atoms with Crippen molar-refractivity contribution < 1.29 is 14.7 Å². The van der Waals surface area contributed by atoms with Gasteiger partial charge in [0.05, 0.1) is 5.02 Å². The first-order valence-electron chi connectivity index (χ1n) is 6.69. The van der Waals surface area contributed by atoms with Gasteiger partial charge in [-0.25, -0.2) is 4.79 Å². The molecule has 7 heteroatoms. The van der Waals surface area contributed by atoms with E-state index in [2.05, 4.69) is 5.32 Å². The van der Waals surface area contributed by atoms with Gasteiger partial charge in [0.25, 0.3) is 5.56 Å². The number of halogens is 1. The van der Waals surface area contributed by atoms with Gasteiger partial charge in [-0.05, 0) is 18.4 Å². The number of nitrogens with one attached hydrogen (secondary N) is 1. The van der Waals surface area contributed by atoms with E-state index in [1.807, 2.05) is 0 Å². The summed E-state index contributed by atoms with van der Waals surface area (Å²) >= 11 is 5.79. The lowest BCUT2D eigenvalue weighted by Crippen LogP contribution is -2.44. The van der Waals surface area contributed by atoms with E-state index in [1.54, 1.807) is 13.8 Å². The lowest BCUT2D eigenvalue weighted by molar-refractivity contribution is -0.143. The van der Waals surface area contributed by atoms with Crippen molar-refractivity contribution in [1.82, 2.24) is 9.88 Å². The third-order valence-corrected chi connectivity index (χ3v) is 3.22. The van der Waals surface area contributed by atoms with Crippen LogP contribution in [0.25, 0.3) is 0 Å². The highest BCUT2D eigenvalue weighted by molar-refractivity contribution is 6.30. The van der Waals surface area contributed by atoms with Crippen LogP contribution in [0.1, 0.15) is 26.7 Å². The highest BCUT2D eigenvalue weighted by Crippen LogP contribution is 2.05.